The smallest absolute Gasteiger partial charge is 0.322 e. The summed E-state index contributed by atoms with van der Waals surface area (Å²) in [6, 6.07) is 20.0. The quantitative estimate of drug-likeness (QED) is 0.346. The molecule has 1 atom stereocenters. The zero-order valence-corrected chi connectivity index (χ0v) is 20.9. The molecule has 2 aromatic heterocycles. The van der Waals surface area contributed by atoms with E-state index in [4.69, 9.17) is 4.74 Å². The highest BCUT2D eigenvalue weighted by atomic mass is 32.1. The summed E-state index contributed by atoms with van der Waals surface area (Å²) in [5.41, 5.74) is 6.83. The van der Waals surface area contributed by atoms with Crippen LogP contribution >= 0.6 is 11.3 Å². The van der Waals surface area contributed by atoms with Crippen LogP contribution in [0.3, 0.4) is 0 Å². The first-order chi connectivity index (χ1) is 17.1. The van der Waals surface area contributed by atoms with Gasteiger partial charge in [0.1, 0.15) is 10.8 Å². The molecule has 1 aliphatic heterocycles. The fourth-order valence-electron chi connectivity index (χ4n) is 5.42. The van der Waals surface area contributed by atoms with E-state index in [-0.39, 0.29) is 12.1 Å². The second kappa shape index (κ2) is 8.93. The van der Waals surface area contributed by atoms with E-state index in [0.29, 0.717) is 6.54 Å². The Bertz CT molecular complexity index is 1390. The van der Waals surface area contributed by atoms with Crippen molar-refractivity contribution in [3.05, 3.63) is 99.7 Å². The Morgan fingerprint density at radius 3 is 2.60 bits per heavy atom. The normalized spacial score (nSPS) is 16.6. The summed E-state index contributed by atoms with van der Waals surface area (Å²) >= 11 is 1.91. The first-order valence-electron chi connectivity index (χ1n) is 12.2. The number of amides is 2. The molecule has 0 radical (unpaired) electrons. The van der Waals surface area contributed by atoms with E-state index in [1.54, 1.807) is 7.11 Å². The molecule has 0 saturated heterocycles. The lowest BCUT2D eigenvalue weighted by atomic mass is 9.95. The Morgan fingerprint density at radius 1 is 1.00 bits per heavy atom. The second-order valence-electron chi connectivity index (χ2n) is 9.35. The first-order valence-corrected chi connectivity index (χ1v) is 13.0. The van der Waals surface area contributed by atoms with E-state index in [0.717, 1.165) is 41.1 Å². The zero-order valence-electron chi connectivity index (χ0n) is 20.1. The maximum Gasteiger partial charge on any atom is 0.322 e. The number of aryl methyl sites for hydroxylation is 2. The molecule has 0 saturated carbocycles. The van der Waals surface area contributed by atoms with Gasteiger partial charge in [0.25, 0.3) is 0 Å². The van der Waals surface area contributed by atoms with Crippen LogP contribution < -0.4 is 10.1 Å². The average Bonchev–Trinajstić information content (AvgIpc) is 3.47. The van der Waals surface area contributed by atoms with Crippen LogP contribution in [0.15, 0.2) is 66.9 Å². The highest BCUT2D eigenvalue weighted by Gasteiger charge is 2.36. The van der Waals surface area contributed by atoms with Crippen molar-refractivity contribution in [2.24, 2.45) is 0 Å². The Morgan fingerprint density at radius 2 is 1.80 bits per heavy atom. The number of methoxy groups -OCH3 is 1. The third kappa shape index (κ3) is 3.82. The number of benzene rings is 2. The molecule has 2 aromatic carbocycles. The molecule has 4 aromatic rings. The molecule has 1 N–H and O–H groups in total. The van der Waals surface area contributed by atoms with Crippen molar-refractivity contribution < 1.29 is 9.53 Å². The maximum atomic E-state index is 14.0. The summed E-state index contributed by atoms with van der Waals surface area (Å²) < 4.78 is 7.72. The van der Waals surface area contributed by atoms with Crippen molar-refractivity contribution in [3.63, 3.8) is 0 Å². The lowest BCUT2D eigenvalue weighted by molar-refractivity contribution is 0.194. The van der Waals surface area contributed by atoms with Gasteiger partial charge in [0, 0.05) is 22.3 Å². The van der Waals surface area contributed by atoms with Crippen LogP contribution in [0.5, 0.6) is 5.75 Å². The van der Waals surface area contributed by atoms with E-state index in [1.807, 2.05) is 59.6 Å². The van der Waals surface area contributed by atoms with E-state index >= 15 is 0 Å². The number of rotatable bonds is 3. The summed E-state index contributed by atoms with van der Waals surface area (Å²) in [5, 5.41) is 4.48. The van der Waals surface area contributed by atoms with Crippen LogP contribution in [0.2, 0.25) is 0 Å². The molecule has 3 heterocycles. The number of hydrogen-bond acceptors (Lipinski definition) is 3. The average molecular weight is 484 g/mol. The number of hydrogen-bond donors (Lipinski definition) is 1. The van der Waals surface area contributed by atoms with Crippen LogP contribution in [0.25, 0.3) is 5.00 Å². The van der Waals surface area contributed by atoms with Crippen LogP contribution in [0.1, 0.15) is 51.7 Å². The van der Waals surface area contributed by atoms with Crippen molar-refractivity contribution in [1.29, 1.82) is 0 Å². The zero-order chi connectivity index (χ0) is 23.9. The van der Waals surface area contributed by atoms with Crippen LogP contribution in [0, 0.1) is 6.92 Å². The fraction of sp³-hybridized carbons (Fsp3) is 0.276. The molecule has 178 valence electrons. The third-order valence-electron chi connectivity index (χ3n) is 7.26. The molecule has 2 aliphatic rings. The molecule has 6 heteroatoms. The van der Waals surface area contributed by atoms with Gasteiger partial charge in [-0.3, -0.25) is 0 Å². The molecule has 0 fully saturated rings. The largest absolute Gasteiger partial charge is 0.497 e. The Kier molecular flexibility index (Phi) is 5.61. The molecule has 6 rings (SSSR count). The topological polar surface area (TPSA) is 46.5 Å². The van der Waals surface area contributed by atoms with Crippen molar-refractivity contribution in [2.45, 2.75) is 45.2 Å². The molecule has 1 aliphatic carbocycles. The summed E-state index contributed by atoms with van der Waals surface area (Å²) in [7, 11) is 1.68. The van der Waals surface area contributed by atoms with Crippen molar-refractivity contribution >= 4 is 23.1 Å². The summed E-state index contributed by atoms with van der Waals surface area (Å²) in [4.78, 5) is 17.5. The number of para-hydroxylation sites is 1. The monoisotopic (exact) mass is 483 g/mol. The third-order valence-corrected chi connectivity index (χ3v) is 8.59. The molecular weight excluding hydrogens is 454 g/mol. The molecule has 0 bridgehead atoms. The first kappa shape index (κ1) is 22.0. The van der Waals surface area contributed by atoms with Gasteiger partial charge in [-0.2, -0.15) is 0 Å². The number of fused-ring (bicyclic) bond motifs is 5. The summed E-state index contributed by atoms with van der Waals surface area (Å²) in [5.74, 6) is 0.807. The molecule has 2 amide bonds. The lowest BCUT2D eigenvalue weighted by Crippen LogP contribution is -2.38. The number of anilines is 1. The van der Waals surface area contributed by atoms with E-state index in [9.17, 15) is 4.79 Å². The van der Waals surface area contributed by atoms with Crippen molar-refractivity contribution in [3.8, 4) is 10.8 Å². The van der Waals surface area contributed by atoms with Gasteiger partial charge in [0.05, 0.1) is 25.4 Å². The second-order valence-corrected chi connectivity index (χ2v) is 10.4. The van der Waals surface area contributed by atoms with Gasteiger partial charge in [-0.1, -0.05) is 30.3 Å². The molecule has 0 spiro atoms. The number of thiophene rings is 1. The maximum absolute atomic E-state index is 14.0. The number of aromatic nitrogens is 1. The fourth-order valence-corrected chi connectivity index (χ4v) is 6.83. The van der Waals surface area contributed by atoms with Crippen molar-refractivity contribution in [1.82, 2.24) is 9.47 Å². The van der Waals surface area contributed by atoms with Gasteiger partial charge >= 0.3 is 6.03 Å². The number of nitrogens with zero attached hydrogens (tertiary/aromatic N) is 2. The van der Waals surface area contributed by atoms with Gasteiger partial charge < -0.3 is 19.5 Å². The highest BCUT2D eigenvalue weighted by molar-refractivity contribution is 7.15. The number of ether oxygens (including phenoxy) is 1. The SMILES string of the molecule is COc1ccc(C2c3cccn3-c3sc4c(c3CN2C(=O)Nc2ccccc2C)CCCC4)cc1. The van der Waals surface area contributed by atoms with Crippen LogP contribution in [-0.4, -0.2) is 22.6 Å². The summed E-state index contributed by atoms with van der Waals surface area (Å²) in [6.45, 7) is 2.61. The Hall–Kier alpha value is -3.51. The van der Waals surface area contributed by atoms with Crippen LogP contribution in [0.4, 0.5) is 10.5 Å². The van der Waals surface area contributed by atoms with Gasteiger partial charge in [-0.15, -0.1) is 11.3 Å². The molecule has 1 unspecified atom stereocenters. The predicted molar refractivity (Wildman–Crippen MR) is 141 cm³/mol. The van der Waals surface area contributed by atoms with E-state index < -0.39 is 0 Å². The minimum absolute atomic E-state index is 0.0866. The number of urea groups is 1. The van der Waals surface area contributed by atoms with Gasteiger partial charge in [0.15, 0.2) is 0 Å². The Balaban J connectivity index is 1.50. The predicted octanol–water partition coefficient (Wildman–Crippen LogP) is 6.87. The van der Waals surface area contributed by atoms with Crippen molar-refractivity contribution in [2.75, 3.05) is 12.4 Å². The Labute approximate surface area is 210 Å². The minimum Gasteiger partial charge on any atom is -0.497 e. The van der Waals surface area contributed by atoms with E-state index in [1.165, 1.54) is 33.8 Å². The van der Waals surface area contributed by atoms with Gasteiger partial charge in [-0.25, -0.2) is 4.79 Å². The lowest BCUT2D eigenvalue weighted by Gasteiger charge is -2.31. The highest BCUT2D eigenvalue weighted by Crippen LogP contribution is 2.44. The van der Waals surface area contributed by atoms with E-state index in [2.05, 4.69) is 40.3 Å². The standard InChI is InChI=1S/C29H29N3O2S/c1-19-8-3-5-10-24(19)30-29(33)32-18-23-22-9-4-6-12-26(22)35-28(23)31-17-7-11-25(31)27(32)20-13-15-21(34-2)16-14-20/h3,5,7-8,10-11,13-17,27H,4,6,9,12,18H2,1-2H3,(H,30,33). The number of carbonyl (C=O) groups is 1. The molecule has 35 heavy (non-hydrogen) atoms. The minimum atomic E-state index is -0.223. The number of nitrogens with one attached hydrogen (secondary N) is 1. The van der Waals surface area contributed by atoms with Crippen LogP contribution in [-0.2, 0) is 19.4 Å². The summed E-state index contributed by atoms with van der Waals surface area (Å²) in [6.07, 6.45) is 6.84. The van der Waals surface area contributed by atoms with Gasteiger partial charge in [-0.05, 0) is 79.6 Å². The molecular formula is C29H29N3O2S. The number of carbonyl (C=O) groups excluding carboxylic acids is 1. The molecule has 5 nitrogen and oxygen atoms in total. The van der Waals surface area contributed by atoms with Gasteiger partial charge in [0.2, 0.25) is 0 Å².